The molecule has 1 aliphatic rings. The number of carbonyl (C=O) groups excluding carboxylic acids is 13. The van der Waals surface area contributed by atoms with Crippen molar-refractivity contribution in [2.24, 2.45) is 0 Å². The lowest BCUT2D eigenvalue weighted by molar-refractivity contribution is -0.138. The minimum atomic E-state index is -1.67. The Bertz CT molecular complexity index is 3020. The Labute approximate surface area is 493 Å². The van der Waals surface area contributed by atoms with Gasteiger partial charge in [0.1, 0.15) is 59.0 Å². The highest BCUT2D eigenvalue weighted by Crippen LogP contribution is 2.30. The second-order valence-corrected chi connectivity index (χ2v) is 23.0. The number of aryl methyl sites for hydroxylation is 1. The first-order valence-corrected chi connectivity index (χ1v) is 28.1. The topological polar surface area (TPSA) is 392 Å². The zero-order valence-corrected chi connectivity index (χ0v) is 50.7. The van der Waals surface area contributed by atoms with Crippen LogP contribution in [0.25, 0.3) is 21.8 Å². The van der Waals surface area contributed by atoms with Gasteiger partial charge in [-0.2, -0.15) is 0 Å². The van der Waals surface area contributed by atoms with Gasteiger partial charge in [-0.1, -0.05) is 24.3 Å². The fourth-order valence-corrected chi connectivity index (χ4v) is 8.51. The Morgan fingerprint density at radius 3 is 1.52 bits per heavy atom. The van der Waals surface area contributed by atoms with Gasteiger partial charge in [0, 0.05) is 67.4 Å². The van der Waals surface area contributed by atoms with E-state index < -0.39 is 130 Å². The van der Waals surface area contributed by atoms with Gasteiger partial charge in [-0.25, -0.2) is 0 Å². The van der Waals surface area contributed by atoms with Crippen molar-refractivity contribution in [3.8, 4) is 0 Å². The summed E-state index contributed by atoms with van der Waals surface area (Å²) >= 11 is 0. The Morgan fingerprint density at radius 2 is 1.01 bits per heavy atom. The summed E-state index contributed by atoms with van der Waals surface area (Å²) in [5, 5.41) is 35.3. The molecule has 1 fully saturated rings. The third kappa shape index (κ3) is 20.0. The van der Waals surface area contributed by atoms with E-state index in [1.807, 2.05) is 30.3 Å². The molecule has 5 atom stereocenters. The van der Waals surface area contributed by atoms with Crippen LogP contribution >= 0.6 is 0 Å². The van der Waals surface area contributed by atoms with Crippen LogP contribution in [0.3, 0.4) is 0 Å². The van der Waals surface area contributed by atoms with Crippen molar-refractivity contribution in [3.63, 3.8) is 0 Å². The minimum absolute atomic E-state index is 0.00954. The predicted molar refractivity (Wildman–Crippen MR) is 312 cm³/mol. The third-order valence-corrected chi connectivity index (χ3v) is 13.8. The van der Waals surface area contributed by atoms with E-state index in [0.717, 1.165) is 33.9 Å². The number of hydrogen-bond donors (Lipinski definition) is 13. The summed E-state index contributed by atoms with van der Waals surface area (Å²) in [7, 11) is 0. The molecule has 0 aliphatic carbocycles. The fraction of sp³-hybridized carbons (Fsp3) is 0.561. The quantitative estimate of drug-likeness (QED) is 0.0411. The summed E-state index contributed by atoms with van der Waals surface area (Å²) < 4.78 is 7.53. The number of benzene rings is 2. The van der Waals surface area contributed by atoms with Crippen LogP contribution in [-0.2, 0) is 80.2 Å². The average Bonchev–Trinajstić information content (AvgIpc) is 4.03. The zero-order valence-electron chi connectivity index (χ0n) is 50.7. The molecule has 28 heteroatoms. The van der Waals surface area contributed by atoms with Crippen LogP contribution in [0.4, 0.5) is 0 Å². The molecule has 1 aliphatic heterocycles. The van der Waals surface area contributed by atoms with E-state index >= 15 is 0 Å². The van der Waals surface area contributed by atoms with E-state index in [1.165, 1.54) is 83.1 Å². The van der Waals surface area contributed by atoms with Gasteiger partial charge < -0.3 is 78.4 Å². The van der Waals surface area contributed by atoms with E-state index in [1.54, 1.807) is 0 Å². The van der Waals surface area contributed by atoms with Crippen molar-refractivity contribution in [1.29, 1.82) is 0 Å². The normalized spacial score (nSPS) is 15.9. The Morgan fingerprint density at radius 1 is 0.565 bits per heavy atom. The number of carbonyl (C=O) groups is 13. The van der Waals surface area contributed by atoms with E-state index in [4.69, 9.17) is 4.74 Å². The van der Waals surface area contributed by atoms with Gasteiger partial charge in [0.2, 0.25) is 76.8 Å². The zero-order chi connectivity index (χ0) is 63.8. The summed E-state index contributed by atoms with van der Waals surface area (Å²) in [6.07, 6.45) is -0.475. The molecule has 4 rings (SSSR count). The predicted octanol–water partition coefficient (Wildman–Crippen LogP) is -1.94. The maximum Gasteiger partial charge on any atom is 0.246 e. The number of aromatic nitrogens is 1. The Hall–Kier alpha value is -8.69. The first kappa shape index (κ1) is 68.8. The van der Waals surface area contributed by atoms with Gasteiger partial charge in [-0.15, -0.1) is 0 Å². The molecular formula is C57H84N14O14. The molecular weight excluding hydrogens is 1100 g/mol. The highest BCUT2D eigenvalue weighted by molar-refractivity contribution is 6.08. The van der Waals surface area contributed by atoms with Crippen molar-refractivity contribution < 1.29 is 67.1 Å². The SMILES string of the molecule is CCn1c2ccccc2c2cc(CNC(=O)C(C)(C)NC(=O)[C@H](C)NC(=O)C(C)(C)NC(=O)[C@H](C)NC(=O)C(C)(C)NC(=O)[C@H](C)NC(=O)C(C)(C)NC(=O)[C@H](C)NC(=O)COCCNC(=O)C3CC(=O)NCCC(=O)NCCC(=O)N3)ccc21. The van der Waals surface area contributed by atoms with Crippen LogP contribution < -0.4 is 69.1 Å². The number of para-hydroxylation sites is 1. The lowest BCUT2D eigenvalue weighted by atomic mass is 10.0. The van der Waals surface area contributed by atoms with Crippen molar-refractivity contribution in [1.82, 2.24) is 73.7 Å². The van der Waals surface area contributed by atoms with Gasteiger partial charge in [0.25, 0.3) is 0 Å². The molecule has 1 saturated heterocycles. The van der Waals surface area contributed by atoms with Crippen molar-refractivity contribution in [3.05, 3.63) is 48.0 Å². The van der Waals surface area contributed by atoms with Crippen LogP contribution in [0.1, 0.15) is 115 Å². The van der Waals surface area contributed by atoms with Crippen molar-refractivity contribution in [2.45, 2.75) is 175 Å². The molecule has 1 aromatic heterocycles. The maximum absolute atomic E-state index is 13.4. The van der Waals surface area contributed by atoms with Gasteiger partial charge in [-0.3, -0.25) is 62.3 Å². The van der Waals surface area contributed by atoms with Crippen molar-refractivity contribution >= 4 is 98.6 Å². The summed E-state index contributed by atoms with van der Waals surface area (Å²) in [6, 6.07) is 8.03. The number of hydrogen-bond acceptors (Lipinski definition) is 14. The number of ether oxygens (including phenoxy) is 1. The standard InChI is InChI=1S/C57H84N14O14/c1-14-71-39-18-16-15-17-36(39)37-27-35(19-20-40(37)71)29-61-50(81)54(6,7)67-46(77)32(3)63-52(83)56(10,11)69-48(79)34(5)65-53(84)57(12,13)70-47(78)33(4)64-51(82)55(8,9)68-45(76)31(2)62-44(75)30-85-26-25-60-49(80)38-28-43(74)59-23-21-41(72)58-24-22-42(73)66-38/h15-20,27,31-34,38H,14,21-26,28-30H2,1-13H3,(H,58,72)(H,59,74)(H,60,80)(H,61,81)(H,62,75)(H,63,83)(H,64,82)(H,65,84)(H,66,73)(H,67,77)(H,68,76)(H,69,79)(H,70,78)/t31-,32-,33-,34-,38?/m0/s1. The van der Waals surface area contributed by atoms with E-state index in [0.29, 0.717) is 0 Å². The molecule has 0 bridgehead atoms. The van der Waals surface area contributed by atoms with Crippen LogP contribution in [-0.4, -0.2) is 167 Å². The smallest absolute Gasteiger partial charge is 0.246 e. The molecule has 2 aromatic carbocycles. The van der Waals surface area contributed by atoms with Gasteiger partial charge in [0.15, 0.2) is 0 Å². The molecule has 0 saturated carbocycles. The third-order valence-electron chi connectivity index (χ3n) is 13.8. The van der Waals surface area contributed by atoms with Gasteiger partial charge >= 0.3 is 0 Å². The summed E-state index contributed by atoms with van der Waals surface area (Å²) in [6.45, 7) is 19.0. The van der Waals surface area contributed by atoms with Crippen molar-refractivity contribution in [2.75, 3.05) is 32.8 Å². The summed E-state index contributed by atoms with van der Waals surface area (Å²) in [5.41, 5.74) is -3.27. The second kappa shape index (κ2) is 29.7. The molecule has 0 spiro atoms. The van der Waals surface area contributed by atoms with E-state index in [9.17, 15) is 62.3 Å². The number of amides is 13. The van der Waals surface area contributed by atoms with Gasteiger partial charge in [0.05, 0.1) is 13.0 Å². The highest BCUT2D eigenvalue weighted by atomic mass is 16.5. The Kier molecular flexibility index (Phi) is 24.1. The lowest BCUT2D eigenvalue weighted by Gasteiger charge is -2.32. The van der Waals surface area contributed by atoms with Crippen LogP contribution in [0, 0.1) is 0 Å². The molecule has 85 heavy (non-hydrogen) atoms. The molecule has 13 N–H and O–H groups in total. The molecule has 13 amide bonds. The molecule has 0 radical (unpaired) electrons. The number of fused-ring (bicyclic) bond motifs is 3. The lowest BCUT2D eigenvalue weighted by Crippen LogP contribution is -2.64. The minimum Gasteiger partial charge on any atom is -0.370 e. The largest absolute Gasteiger partial charge is 0.370 e. The van der Waals surface area contributed by atoms with Crippen LogP contribution in [0.2, 0.25) is 0 Å². The Balaban J connectivity index is 1.16. The monoisotopic (exact) mass is 1190 g/mol. The van der Waals surface area contributed by atoms with E-state index in [2.05, 4.69) is 92.7 Å². The molecule has 1 unspecified atom stereocenters. The first-order valence-electron chi connectivity index (χ1n) is 28.1. The van der Waals surface area contributed by atoms with Crippen LogP contribution in [0.15, 0.2) is 42.5 Å². The summed E-state index contributed by atoms with van der Waals surface area (Å²) in [5.74, 6) is -8.74. The highest BCUT2D eigenvalue weighted by Gasteiger charge is 2.39. The molecule has 2 heterocycles. The molecule has 3 aromatic rings. The number of rotatable bonds is 25. The second-order valence-electron chi connectivity index (χ2n) is 23.0. The van der Waals surface area contributed by atoms with Crippen LogP contribution in [0.5, 0.6) is 0 Å². The van der Waals surface area contributed by atoms with E-state index in [-0.39, 0.29) is 58.0 Å². The summed E-state index contributed by atoms with van der Waals surface area (Å²) in [4.78, 5) is 168. The van der Waals surface area contributed by atoms with Gasteiger partial charge in [-0.05, 0) is 114 Å². The molecule has 466 valence electrons. The fourth-order valence-electron chi connectivity index (χ4n) is 8.51. The maximum atomic E-state index is 13.4. The number of nitrogens with zero attached hydrogens (tertiary/aromatic N) is 1. The average molecular weight is 1190 g/mol. The number of nitrogens with one attached hydrogen (secondary N) is 13. The molecule has 28 nitrogen and oxygen atoms in total. The first-order chi connectivity index (χ1) is 39.6.